The predicted molar refractivity (Wildman–Crippen MR) is 149 cm³/mol. The van der Waals surface area contributed by atoms with Crippen LogP contribution in [-0.4, -0.2) is 26.2 Å². The maximum atomic E-state index is 14.1. The molecule has 3 heterocycles. The van der Waals surface area contributed by atoms with Crippen molar-refractivity contribution in [1.29, 1.82) is 5.26 Å². The van der Waals surface area contributed by atoms with E-state index in [0.29, 0.717) is 27.0 Å². The zero-order chi connectivity index (χ0) is 25.9. The van der Waals surface area contributed by atoms with Crippen molar-refractivity contribution in [2.45, 2.75) is 17.7 Å². The predicted octanol–water partition coefficient (Wildman–Crippen LogP) is 7.44. The molecular weight excluding hydrogens is 548 g/mol. The van der Waals surface area contributed by atoms with Crippen LogP contribution < -0.4 is 4.74 Å². The second-order valence-corrected chi connectivity index (χ2v) is 11.6. The summed E-state index contributed by atoms with van der Waals surface area (Å²) in [6.07, 6.45) is 0.401. The maximum Gasteiger partial charge on any atom is 0.303 e. The number of carboxylic acids is 1. The third-order valence-electron chi connectivity index (χ3n) is 5.67. The number of rotatable bonds is 9. The Morgan fingerprint density at radius 3 is 2.65 bits per heavy atom. The number of aliphatic carboxylic acids is 1. The fourth-order valence-electron chi connectivity index (χ4n) is 4.08. The highest BCUT2D eigenvalue weighted by Crippen LogP contribution is 2.46. The first-order valence-corrected chi connectivity index (χ1v) is 14.4. The molecule has 0 bridgehead atoms. The van der Waals surface area contributed by atoms with Crippen LogP contribution in [0.25, 0.3) is 32.6 Å². The van der Waals surface area contributed by atoms with Gasteiger partial charge in [0.15, 0.2) is 4.90 Å². The highest BCUT2D eigenvalue weighted by molar-refractivity contribution is 7.90. The van der Waals surface area contributed by atoms with E-state index in [0.717, 1.165) is 32.6 Å². The van der Waals surface area contributed by atoms with Gasteiger partial charge in [-0.1, -0.05) is 17.7 Å². The topological polar surface area (TPSA) is 98.3 Å². The lowest BCUT2D eigenvalue weighted by Gasteiger charge is -2.15. The summed E-state index contributed by atoms with van der Waals surface area (Å²) >= 11 is 7.35. The SMILES string of the molecule is N#Cc1sccc1-c1c(-c2cccs2)n([S+]([O-])c2ccc(Cl)cc2)c2ccc(OCCCC(=O)O)cc12. The lowest BCUT2D eigenvalue weighted by molar-refractivity contribution is -0.137. The van der Waals surface area contributed by atoms with Crippen LogP contribution in [0.4, 0.5) is 0 Å². The number of benzene rings is 2. The first-order valence-electron chi connectivity index (χ1n) is 11.2. The third kappa shape index (κ3) is 5.12. The molecule has 2 aromatic carbocycles. The van der Waals surface area contributed by atoms with Crippen LogP contribution >= 0.6 is 34.3 Å². The number of aromatic nitrogens is 1. The van der Waals surface area contributed by atoms with Crippen LogP contribution in [0, 0.1) is 11.3 Å². The van der Waals surface area contributed by atoms with E-state index >= 15 is 0 Å². The Labute approximate surface area is 229 Å². The summed E-state index contributed by atoms with van der Waals surface area (Å²) in [5.41, 5.74) is 3.03. The van der Waals surface area contributed by atoms with Crippen LogP contribution in [0.5, 0.6) is 5.75 Å². The number of thiophene rings is 2. The minimum atomic E-state index is -1.61. The largest absolute Gasteiger partial charge is 0.587 e. The van der Waals surface area contributed by atoms with Crippen LogP contribution in [0.3, 0.4) is 0 Å². The van der Waals surface area contributed by atoms with Crippen LogP contribution in [-0.2, 0) is 16.2 Å². The maximum absolute atomic E-state index is 14.1. The highest BCUT2D eigenvalue weighted by Gasteiger charge is 2.30. The molecular formula is C27H19ClN2O4S3. The molecule has 0 amide bonds. The van der Waals surface area contributed by atoms with Gasteiger partial charge >= 0.3 is 5.97 Å². The zero-order valence-corrected chi connectivity index (χ0v) is 22.4. The molecule has 0 radical (unpaired) electrons. The molecule has 37 heavy (non-hydrogen) atoms. The van der Waals surface area contributed by atoms with Crippen molar-refractivity contribution in [3.05, 3.63) is 81.3 Å². The highest BCUT2D eigenvalue weighted by atomic mass is 35.5. The van der Waals surface area contributed by atoms with Crippen molar-refractivity contribution >= 4 is 62.5 Å². The standard InChI is InChI=1S/C27H19ClN2O4S3/c28-17-5-8-19(9-6-17)37(33)30-22-10-7-18(34-12-1-4-25(31)32)15-21(22)26(20-11-14-36-24(20)16-29)27(30)23-3-2-13-35-23/h2-3,5-11,13-15H,1,4,12H2,(H,31,32). The van der Waals surface area contributed by atoms with Gasteiger partial charge in [0.05, 0.1) is 17.0 Å². The van der Waals surface area contributed by atoms with E-state index in [4.69, 9.17) is 21.4 Å². The summed E-state index contributed by atoms with van der Waals surface area (Å²) in [4.78, 5) is 12.9. The van der Waals surface area contributed by atoms with Crippen molar-refractivity contribution < 1.29 is 19.2 Å². The van der Waals surface area contributed by atoms with Gasteiger partial charge in [-0.05, 0) is 71.8 Å². The number of nitrogens with zero attached hydrogens (tertiary/aromatic N) is 2. The minimum Gasteiger partial charge on any atom is -0.587 e. The van der Waals surface area contributed by atoms with Gasteiger partial charge in [-0.2, -0.15) is 9.23 Å². The van der Waals surface area contributed by atoms with Gasteiger partial charge in [0.25, 0.3) is 0 Å². The van der Waals surface area contributed by atoms with Crippen LogP contribution in [0.15, 0.2) is 76.3 Å². The molecule has 0 saturated carbocycles. The van der Waals surface area contributed by atoms with Gasteiger partial charge in [-0.15, -0.1) is 22.7 Å². The molecule has 0 aliphatic heterocycles. The summed E-state index contributed by atoms with van der Waals surface area (Å²) in [6.45, 7) is 0.254. The van der Waals surface area contributed by atoms with Gasteiger partial charge in [0, 0.05) is 28.0 Å². The number of hydrogen-bond donors (Lipinski definition) is 1. The number of hydrogen-bond acceptors (Lipinski definition) is 6. The van der Waals surface area contributed by atoms with E-state index in [1.807, 2.05) is 41.1 Å². The molecule has 1 unspecified atom stereocenters. The van der Waals surface area contributed by atoms with Crippen molar-refractivity contribution in [2.75, 3.05) is 6.61 Å². The summed E-state index contributed by atoms with van der Waals surface area (Å²) < 4.78 is 21.7. The normalized spacial score (nSPS) is 11.9. The summed E-state index contributed by atoms with van der Waals surface area (Å²) in [7, 11) is 0. The van der Waals surface area contributed by atoms with E-state index in [1.54, 1.807) is 34.3 Å². The Hall–Kier alpha value is -3.26. The Bertz CT molecular complexity index is 1600. The molecule has 5 rings (SSSR count). The van der Waals surface area contributed by atoms with Crippen molar-refractivity contribution in [1.82, 2.24) is 3.97 Å². The number of carboxylic acid groups (broad SMARTS) is 1. The van der Waals surface area contributed by atoms with Crippen LogP contribution in [0.1, 0.15) is 17.7 Å². The van der Waals surface area contributed by atoms with Gasteiger partial charge in [-0.3, -0.25) is 4.79 Å². The van der Waals surface area contributed by atoms with Gasteiger partial charge in [0.1, 0.15) is 33.8 Å². The third-order valence-corrected chi connectivity index (χ3v) is 9.01. The van der Waals surface area contributed by atoms with Crippen molar-refractivity contribution in [3.8, 4) is 33.5 Å². The molecule has 10 heteroatoms. The molecule has 0 saturated heterocycles. The summed E-state index contributed by atoms with van der Waals surface area (Å²) in [5, 5.41) is 23.9. The second kappa shape index (κ2) is 11.0. The molecule has 5 aromatic rings. The Morgan fingerprint density at radius 2 is 1.95 bits per heavy atom. The van der Waals surface area contributed by atoms with E-state index in [-0.39, 0.29) is 13.0 Å². The number of carbonyl (C=O) groups is 1. The lowest BCUT2D eigenvalue weighted by Crippen LogP contribution is -2.14. The van der Waals surface area contributed by atoms with Crippen LogP contribution in [0.2, 0.25) is 5.02 Å². The first kappa shape index (κ1) is 25.4. The molecule has 186 valence electrons. The molecule has 0 spiro atoms. The van der Waals surface area contributed by atoms with E-state index in [2.05, 4.69) is 6.07 Å². The fourth-order valence-corrected chi connectivity index (χ4v) is 6.99. The molecule has 0 aliphatic carbocycles. The Kier molecular flexibility index (Phi) is 7.55. The number of fused-ring (bicyclic) bond motifs is 1. The molecule has 1 atom stereocenters. The minimum absolute atomic E-state index is 0.0207. The molecule has 0 aliphatic rings. The summed E-state index contributed by atoms with van der Waals surface area (Å²) in [6, 6.07) is 20.5. The monoisotopic (exact) mass is 566 g/mol. The van der Waals surface area contributed by atoms with Gasteiger partial charge in [0.2, 0.25) is 0 Å². The molecule has 6 nitrogen and oxygen atoms in total. The van der Waals surface area contributed by atoms with E-state index in [9.17, 15) is 14.6 Å². The van der Waals surface area contributed by atoms with E-state index in [1.165, 1.54) is 22.7 Å². The Balaban J connectivity index is 1.74. The van der Waals surface area contributed by atoms with Gasteiger partial charge in [-0.25, -0.2) is 0 Å². The first-order chi connectivity index (χ1) is 18.0. The number of halogens is 1. The summed E-state index contributed by atoms with van der Waals surface area (Å²) in [5.74, 6) is -0.301. The Morgan fingerprint density at radius 1 is 1.14 bits per heavy atom. The van der Waals surface area contributed by atoms with E-state index < -0.39 is 17.3 Å². The molecule has 1 N–H and O–H groups in total. The van der Waals surface area contributed by atoms with Crippen molar-refractivity contribution in [2.24, 2.45) is 0 Å². The molecule has 3 aromatic heterocycles. The smallest absolute Gasteiger partial charge is 0.303 e. The number of ether oxygens (including phenoxy) is 1. The molecule has 0 fully saturated rings. The quantitative estimate of drug-likeness (QED) is 0.148. The average molecular weight is 567 g/mol. The lowest BCUT2D eigenvalue weighted by atomic mass is 10.0. The zero-order valence-electron chi connectivity index (χ0n) is 19.2. The second-order valence-electron chi connectivity index (χ2n) is 8.00. The van der Waals surface area contributed by atoms with Gasteiger partial charge < -0.3 is 14.4 Å². The average Bonchev–Trinajstić information content (AvgIpc) is 3.64. The fraction of sp³-hybridized carbons (Fsp3) is 0.111. The van der Waals surface area contributed by atoms with Crippen molar-refractivity contribution in [3.63, 3.8) is 0 Å². The number of nitriles is 1.